The molecule has 4 nitrogen and oxygen atoms in total. The number of hydrogen-bond donors (Lipinski definition) is 1. The van der Waals surface area contributed by atoms with E-state index in [4.69, 9.17) is 16.3 Å². The van der Waals surface area contributed by atoms with Crippen LogP contribution in [-0.4, -0.2) is 14.9 Å². The number of phenols is 1. The summed E-state index contributed by atoms with van der Waals surface area (Å²) in [4.78, 5) is 0. The van der Waals surface area contributed by atoms with Gasteiger partial charge in [0.2, 0.25) is 0 Å². The topological polar surface area (TPSA) is 47.3 Å². The predicted molar refractivity (Wildman–Crippen MR) is 81.0 cm³/mol. The van der Waals surface area contributed by atoms with Crippen molar-refractivity contribution in [3.63, 3.8) is 0 Å². The molecule has 0 amide bonds. The molecule has 1 N–H and O–H groups in total. The van der Waals surface area contributed by atoms with Gasteiger partial charge >= 0.3 is 0 Å². The van der Waals surface area contributed by atoms with Gasteiger partial charge in [0.15, 0.2) is 10.9 Å². The Morgan fingerprint density at radius 3 is 2.52 bits per heavy atom. The van der Waals surface area contributed by atoms with E-state index in [1.165, 1.54) is 0 Å². The maximum atomic E-state index is 9.79. The van der Waals surface area contributed by atoms with E-state index in [9.17, 15) is 5.11 Å². The van der Waals surface area contributed by atoms with E-state index >= 15 is 0 Å². The molecule has 0 fully saturated rings. The molecular weight excluding hydrogens is 288 g/mol. The fraction of sp³-hybridized carbons (Fsp3) is 0.0625. The number of halogens is 1. The zero-order valence-electron chi connectivity index (χ0n) is 11.1. The summed E-state index contributed by atoms with van der Waals surface area (Å²) in [5.74, 6) is 1.40. The average molecular weight is 301 g/mol. The van der Waals surface area contributed by atoms with Gasteiger partial charge in [-0.2, -0.15) is 5.10 Å². The first-order valence-corrected chi connectivity index (χ1v) is 6.83. The highest BCUT2D eigenvalue weighted by Gasteiger charge is 2.12. The van der Waals surface area contributed by atoms with E-state index < -0.39 is 0 Å². The van der Waals surface area contributed by atoms with Gasteiger partial charge in [-0.05, 0) is 18.2 Å². The van der Waals surface area contributed by atoms with Gasteiger partial charge in [0.1, 0.15) is 11.5 Å². The van der Waals surface area contributed by atoms with Gasteiger partial charge in [-0.1, -0.05) is 48.0 Å². The highest BCUT2D eigenvalue weighted by atomic mass is 35.5. The Bertz CT molecular complexity index is 741. The second-order valence-electron chi connectivity index (χ2n) is 4.50. The van der Waals surface area contributed by atoms with E-state index in [2.05, 4.69) is 5.10 Å². The van der Waals surface area contributed by atoms with E-state index in [0.29, 0.717) is 23.2 Å². The molecule has 1 aromatic heterocycles. The molecule has 0 saturated carbocycles. The SMILES string of the molecule is Oc1ccccc1Cn1ncc(Oc2ccccc2)c1Cl. The van der Waals surface area contributed by atoms with Crippen molar-refractivity contribution in [2.24, 2.45) is 0 Å². The second-order valence-corrected chi connectivity index (χ2v) is 4.86. The van der Waals surface area contributed by atoms with Crippen LogP contribution >= 0.6 is 11.6 Å². The number of hydrogen-bond acceptors (Lipinski definition) is 3. The summed E-state index contributed by atoms with van der Waals surface area (Å²) in [6.45, 7) is 0.379. The summed E-state index contributed by atoms with van der Waals surface area (Å²) in [5.41, 5.74) is 0.744. The molecule has 0 radical (unpaired) electrons. The highest BCUT2D eigenvalue weighted by molar-refractivity contribution is 6.31. The molecular formula is C16H13ClN2O2. The average Bonchev–Trinajstić information content (AvgIpc) is 2.84. The van der Waals surface area contributed by atoms with Crippen molar-refractivity contribution in [3.05, 3.63) is 71.5 Å². The van der Waals surface area contributed by atoms with Crippen LogP contribution in [0.25, 0.3) is 0 Å². The molecule has 106 valence electrons. The molecule has 0 aliphatic carbocycles. The normalized spacial score (nSPS) is 10.5. The standard InChI is InChI=1S/C16H13ClN2O2/c17-16-15(21-13-7-2-1-3-8-13)10-18-19(16)11-12-6-4-5-9-14(12)20/h1-10,20H,11H2. The molecule has 0 spiro atoms. The zero-order chi connectivity index (χ0) is 14.7. The molecule has 3 rings (SSSR count). The molecule has 1 heterocycles. The third kappa shape index (κ3) is 3.01. The van der Waals surface area contributed by atoms with Gasteiger partial charge in [-0.15, -0.1) is 0 Å². The van der Waals surface area contributed by atoms with Crippen molar-refractivity contribution in [1.29, 1.82) is 0 Å². The molecule has 2 aromatic carbocycles. The maximum absolute atomic E-state index is 9.79. The summed E-state index contributed by atoms with van der Waals surface area (Å²) in [6.07, 6.45) is 1.56. The van der Waals surface area contributed by atoms with Gasteiger partial charge in [0.25, 0.3) is 0 Å². The lowest BCUT2D eigenvalue weighted by molar-refractivity contribution is 0.463. The fourth-order valence-electron chi connectivity index (χ4n) is 1.95. The van der Waals surface area contributed by atoms with Gasteiger partial charge < -0.3 is 9.84 Å². The lowest BCUT2D eigenvalue weighted by Gasteiger charge is -2.06. The second kappa shape index (κ2) is 5.89. The number of para-hydroxylation sites is 2. The van der Waals surface area contributed by atoms with Crippen LogP contribution in [0.1, 0.15) is 5.56 Å². The molecule has 0 bridgehead atoms. The number of ether oxygens (including phenoxy) is 1. The summed E-state index contributed by atoms with van der Waals surface area (Å²) in [7, 11) is 0. The van der Waals surface area contributed by atoms with Crippen molar-refractivity contribution < 1.29 is 9.84 Å². The monoisotopic (exact) mass is 300 g/mol. The molecule has 0 aliphatic rings. The number of aromatic nitrogens is 2. The minimum Gasteiger partial charge on any atom is -0.508 e. The molecule has 0 atom stereocenters. The van der Waals surface area contributed by atoms with Crippen molar-refractivity contribution in [1.82, 2.24) is 9.78 Å². The molecule has 3 aromatic rings. The third-order valence-corrected chi connectivity index (χ3v) is 3.41. The van der Waals surface area contributed by atoms with Crippen LogP contribution in [0.15, 0.2) is 60.8 Å². The first kappa shape index (κ1) is 13.5. The Kier molecular flexibility index (Phi) is 3.79. The van der Waals surface area contributed by atoms with Gasteiger partial charge in [0, 0.05) is 5.56 Å². The first-order valence-electron chi connectivity index (χ1n) is 6.45. The van der Waals surface area contributed by atoms with Crippen LogP contribution in [0.5, 0.6) is 17.2 Å². The molecule has 0 aliphatic heterocycles. The lowest BCUT2D eigenvalue weighted by atomic mass is 10.2. The third-order valence-electron chi connectivity index (χ3n) is 3.03. The lowest BCUT2D eigenvalue weighted by Crippen LogP contribution is -2.01. The molecule has 0 unspecified atom stereocenters. The summed E-state index contributed by atoms with van der Waals surface area (Å²) < 4.78 is 7.26. The smallest absolute Gasteiger partial charge is 0.184 e. The number of phenolic OH excluding ortho intramolecular Hbond substituents is 1. The van der Waals surface area contributed by atoms with Crippen LogP contribution in [0.2, 0.25) is 5.15 Å². The van der Waals surface area contributed by atoms with Crippen molar-refractivity contribution in [3.8, 4) is 17.2 Å². The summed E-state index contributed by atoms with van der Waals surface area (Å²) in [6, 6.07) is 16.5. The van der Waals surface area contributed by atoms with Gasteiger partial charge in [-0.3, -0.25) is 0 Å². The largest absolute Gasteiger partial charge is 0.508 e. The van der Waals surface area contributed by atoms with E-state index in [1.54, 1.807) is 23.0 Å². The number of aromatic hydroxyl groups is 1. The van der Waals surface area contributed by atoms with Crippen LogP contribution in [0, 0.1) is 0 Å². The molecule has 5 heteroatoms. The van der Waals surface area contributed by atoms with E-state index in [1.807, 2.05) is 42.5 Å². The van der Waals surface area contributed by atoms with Gasteiger partial charge in [0.05, 0.1) is 12.7 Å². The van der Waals surface area contributed by atoms with Crippen LogP contribution < -0.4 is 4.74 Å². The Balaban J connectivity index is 1.81. The Morgan fingerprint density at radius 2 is 1.76 bits per heavy atom. The van der Waals surface area contributed by atoms with Crippen LogP contribution in [0.4, 0.5) is 0 Å². The van der Waals surface area contributed by atoms with Crippen molar-refractivity contribution in [2.75, 3.05) is 0 Å². The zero-order valence-corrected chi connectivity index (χ0v) is 11.9. The minimum atomic E-state index is 0.217. The van der Waals surface area contributed by atoms with Gasteiger partial charge in [-0.25, -0.2) is 4.68 Å². The highest BCUT2D eigenvalue weighted by Crippen LogP contribution is 2.30. The summed E-state index contributed by atoms with van der Waals surface area (Å²) >= 11 is 6.27. The number of benzene rings is 2. The quantitative estimate of drug-likeness (QED) is 0.789. The first-order chi connectivity index (χ1) is 10.2. The van der Waals surface area contributed by atoms with Crippen molar-refractivity contribution in [2.45, 2.75) is 6.54 Å². The fourth-order valence-corrected chi connectivity index (χ4v) is 2.14. The van der Waals surface area contributed by atoms with Crippen molar-refractivity contribution >= 4 is 11.6 Å². The Labute approximate surface area is 127 Å². The van der Waals surface area contributed by atoms with E-state index in [0.717, 1.165) is 5.56 Å². The van der Waals surface area contributed by atoms with Crippen LogP contribution in [-0.2, 0) is 6.54 Å². The van der Waals surface area contributed by atoms with Crippen LogP contribution in [0.3, 0.4) is 0 Å². The predicted octanol–water partition coefficient (Wildman–Crippen LogP) is 4.08. The summed E-state index contributed by atoms with van der Waals surface area (Å²) in [5, 5.41) is 14.4. The minimum absolute atomic E-state index is 0.217. The molecule has 0 saturated heterocycles. The Morgan fingerprint density at radius 1 is 1.05 bits per heavy atom. The maximum Gasteiger partial charge on any atom is 0.184 e. The Hall–Kier alpha value is -2.46. The molecule has 21 heavy (non-hydrogen) atoms. The number of rotatable bonds is 4. The number of nitrogens with zero attached hydrogens (tertiary/aromatic N) is 2. The van der Waals surface area contributed by atoms with E-state index in [-0.39, 0.29) is 5.75 Å².